The van der Waals surface area contributed by atoms with Crippen LogP contribution in [0.4, 0.5) is 5.69 Å². The van der Waals surface area contributed by atoms with Crippen LogP contribution in [0.5, 0.6) is 0 Å². The topological polar surface area (TPSA) is 49.6 Å². The summed E-state index contributed by atoms with van der Waals surface area (Å²) in [7, 11) is 0. The van der Waals surface area contributed by atoms with E-state index in [1.165, 1.54) is 25.9 Å². The molecule has 2 aliphatic rings. The molecule has 1 atom stereocenters. The van der Waals surface area contributed by atoms with E-state index in [9.17, 15) is 4.79 Å². The summed E-state index contributed by atoms with van der Waals surface area (Å²) in [6.07, 6.45) is 3.68. The van der Waals surface area contributed by atoms with Crippen molar-refractivity contribution in [3.63, 3.8) is 0 Å². The Morgan fingerprint density at radius 1 is 1.25 bits per heavy atom. The number of rotatable bonds is 2. The van der Waals surface area contributed by atoms with Crippen molar-refractivity contribution >= 4 is 27.5 Å². The fraction of sp³-hybridized carbons (Fsp3) is 0.533. The number of amides is 1. The summed E-state index contributed by atoms with van der Waals surface area (Å²) in [5.41, 5.74) is 7.15. The van der Waals surface area contributed by atoms with Gasteiger partial charge in [0, 0.05) is 24.8 Å². The Morgan fingerprint density at radius 3 is 2.75 bits per heavy atom. The average molecular weight is 338 g/mol. The Hall–Kier alpha value is -1.07. The highest BCUT2D eigenvalue weighted by Gasteiger charge is 2.32. The minimum atomic E-state index is 0.0888. The molecule has 2 saturated heterocycles. The SMILES string of the molecule is Nc1cccc(C(=O)N2CCC(N3CCCC3)C2)c1Br. The summed E-state index contributed by atoms with van der Waals surface area (Å²) < 4.78 is 0.717. The van der Waals surface area contributed by atoms with Crippen molar-refractivity contribution in [2.24, 2.45) is 0 Å². The van der Waals surface area contributed by atoms with E-state index in [4.69, 9.17) is 5.73 Å². The van der Waals surface area contributed by atoms with Gasteiger partial charge in [-0.05, 0) is 60.4 Å². The fourth-order valence-corrected chi connectivity index (χ4v) is 3.65. The monoisotopic (exact) mass is 337 g/mol. The van der Waals surface area contributed by atoms with Crippen LogP contribution in [0.15, 0.2) is 22.7 Å². The standard InChI is InChI=1S/C15H20BrN3O/c16-14-12(4-3-5-13(14)17)15(20)19-9-6-11(10-19)18-7-1-2-8-18/h3-5,11H,1-2,6-10,17H2. The summed E-state index contributed by atoms with van der Waals surface area (Å²) in [5.74, 6) is 0.0888. The van der Waals surface area contributed by atoms with E-state index in [2.05, 4.69) is 20.8 Å². The van der Waals surface area contributed by atoms with Gasteiger partial charge in [-0.25, -0.2) is 0 Å². The Labute approximate surface area is 128 Å². The molecule has 2 aliphatic heterocycles. The Bertz CT molecular complexity index is 514. The lowest BCUT2D eigenvalue weighted by Crippen LogP contribution is -2.37. The molecule has 1 aromatic rings. The van der Waals surface area contributed by atoms with Crippen molar-refractivity contribution < 1.29 is 4.79 Å². The van der Waals surface area contributed by atoms with Gasteiger partial charge in [0.15, 0.2) is 0 Å². The highest BCUT2D eigenvalue weighted by Crippen LogP contribution is 2.27. The predicted octanol–water partition coefficient (Wildman–Crippen LogP) is 2.34. The molecule has 0 aliphatic carbocycles. The van der Waals surface area contributed by atoms with E-state index in [0.717, 1.165) is 24.0 Å². The van der Waals surface area contributed by atoms with Crippen LogP contribution in [0.25, 0.3) is 0 Å². The number of benzene rings is 1. The number of nitrogen functional groups attached to an aromatic ring is 1. The third-order valence-corrected chi connectivity index (χ3v) is 5.25. The molecule has 2 N–H and O–H groups in total. The van der Waals surface area contributed by atoms with Crippen LogP contribution in [0, 0.1) is 0 Å². The maximum Gasteiger partial charge on any atom is 0.255 e. The summed E-state index contributed by atoms with van der Waals surface area (Å²) in [5, 5.41) is 0. The number of likely N-dealkylation sites (tertiary alicyclic amines) is 2. The second-order valence-corrected chi connectivity index (χ2v) is 6.44. The van der Waals surface area contributed by atoms with Gasteiger partial charge in [0.05, 0.1) is 10.0 Å². The van der Waals surface area contributed by atoms with E-state index in [1.807, 2.05) is 17.0 Å². The molecule has 0 radical (unpaired) electrons. The maximum atomic E-state index is 12.6. The Kier molecular flexibility index (Phi) is 3.98. The zero-order valence-corrected chi connectivity index (χ0v) is 13.1. The van der Waals surface area contributed by atoms with E-state index in [0.29, 0.717) is 17.3 Å². The molecule has 0 spiro atoms. The number of nitrogens with two attached hydrogens (primary N) is 1. The van der Waals surface area contributed by atoms with Crippen LogP contribution in [-0.2, 0) is 0 Å². The maximum absolute atomic E-state index is 12.6. The largest absolute Gasteiger partial charge is 0.398 e. The number of carbonyl (C=O) groups excluding carboxylic acids is 1. The first-order valence-electron chi connectivity index (χ1n) is 7.24. The molecule has 108 valence electrons. The molecule has 0 bridgehead atoms. The van der Waals surface area contributed by atoms with Crippen molar-refractivity contribution in [1.29, 1.82) is 0 Å². The molecule has 5 heteroatoms. The van der Waals surface area contributed by atoms with Crippen LogP contribution >= 0.6 is 15.9 Å². The average Bonchev–Trinajstić information content (AvgIpc) is 3.11. The lowest BCUT2D eigenvalue weighted by atomic mass is 10.2. The zero-order chi connectivity index (χ0) is 14.1. The molecule has 20 heavy (non-hydrogen) atoms. The Morgan fingerprint density at radius 2 is 2.00 bits per heavy atom. The van der Waals surface area contributed by atoms with Gasteiger partial charge >= 0.3 is 0 Å². The van der Waals surface area contributed by atoms with E-state index in [1.54, 1.807) is 6.07 Å². The summed E-state index contributed by atoms with van der Waals surface area (Å²) in [4.78, 5) is 17.1. The third-order valence-electron chi connectivity index (χ3n) is 4.37. The van der Waals surface area contributed by atoms with Crippen LogP contribution in [0.3, 0.4) is 0 Å². The number of nitrogens with zero attached hydrogens (tertiary/aromatic N) is 2. The van der Waals surface area contributed by atoms with Crippen LogP contribution in [-0.4, -0.2) is 47.9 Å². The van der Waals surface area contributed by atoms with Gasteiger partial charge in [-0.3, -0.25) is 9.69 Å². The molecule has 0 saturated carbocycles. The normalized spacial score (nSPS) is 23.4. The van der Waals surface area contributed by atoms with Gasteiger partial charge in [-0.1, -0.05) is 6.07 Å². The van der Waals surface area contributed by atoms with Crippen LogP contribution in [0.1, 0.15) is 29.6 Å². The first-order chi connectivity index (χ1) is 9.66. The first-order valence-corrected chi connectivity index (χ1v) is 8.03. The van der Waals surface area contributed by atoms with Crippen molar-refractivity contribution in [3.05, 3.63) is 28.2 Å². The van der Waals surface area contributed by atoms with Gasteiger partial charge in [-0.15, -0.1) is 0 Å². The predicted molar refractivity (Wildman–Crippen MR) is 83.7 cm³/mol. The molecule has 2 fully saturated rings. The number of halogens is 1. The fourth-order valence-electron chi connectivity index (χ4n) is 3.22. The highest BCUT2D eigenvalue weighted by molar-refractivity contribution is 9.10. The second-order valence-electron chi connectivity index (χ2n) is 5.65. The second kappa shape index (κ2) is 5.74. The molecule has 1 aromatic carbocycles. The molecule has 1 amide bonds. The third kappa shape index (κ3) is 2.56. The van der Waals surface area contributed by atoms with Crippen molar-refractivity contribution in [3.8, 4) is 0 Å². The Balaban J connectivity index is 1.70. The van der Waals surface area contributed by atoms with Crippen molar-refractivity contribution in [1.82, 2.24) is 9.80 Å². The lowest BCUT2D eigenvalue weighted by molar-refractivity contribution is 0.0779. The number of hydrogen-bond donors (Lipinski definition) is 1. The molecule has 2 heterocycles. The number of anilines is 1. The molecule has 3 rings (SSSR count). The summed E-state index contributed by atoms with van der Waals surface area (Å²) >= 11 is 3.43. The molecular weight excluding hydrogens is 318 g/mol. The lowest BCUT2D eigenvalue weighted by Gasteiger charge is -2.24. The van der Waals surface area contributed by atoms with E-state index >= 15 is 0 Å². The molecule has 1 unspecified atom stereocenters. The van der Waals surface area contributed by atoms with Crippen molar-refractivity contribution in [2.45, 2.75) is 25.3 Å². The van der Waals surface area contributed by atoms with Crippen LogP contribution in [0.2, 0.25) is 0 Å². The van der Waals surface area contributed by atoms with E-state index < -0.39 is 0 Å². The van der Waals surface area contributed by atoms with Gasteiger partial charge < -0.3 is 10.6 Å². The zero-order valence-electron chi connectivity index (χ0n) is 11.5. The van der Waals surface area contributed by atoms with Gasteiger partial charge in [0.2, 0.25) is 0 Å². The molecule has 4 nitrogen and oxygen atoms in total. The number of hydrogen-bond acceptors (Lipinski definition) is 3. The minimum Gasteiger partial charge on any atom is -0.398 e. The quantitative estimate of drug-likeness (QED) is 0.842. The molecular formula is C15H20BrN3O. The smallest absolute Gasteiger partial charge is 0.255 e. The highest BCUT2D eigenvalue weighted by atomic mass is 79.9. The van der Waals surface area contributed by atoms with Crippen molar-refractivity contribution in [2.75, 3.05) is 31.9 Å². The van der Waals surface area contributed by atoms with Gasteiger partial charge in [0.25, 0.3) is 5.91 Å². The summed E-state index contributed by atoms with van der Waals surface area (Å²) in [6, 6.07) is 6.02. The number of carbonyl (C=O) groups is 1. The first kappa shape index (κ1) is 13.9. The van der Waals surface area contributed by atoms with Gasteiger partial charge in [0.1, 0.15) is 0 Å². The van der Waals surface area contributed by atoms with Crippen LogP contribution < -0.4 is 5.73 Å². The minimum absolute atomic E-state index is 0.0888. The molecule has 0 aromatic heterocycles. The summed E-state index contributed by atoms with van der Waals surface area (Å²) in [6.45, 7) is 4.07. The van der Waals surface area contributed by atoms with Gasteiger partial charge in [-0.2, -0.15) is 0 Å². The van der Waals surface area contributed by atoms with E-state index in [-0.39, 0.29) is 5.91 Å².